The average Bonchev–Trinajstić information content (AvgIpc) is 3.32. The lowest BCUT2D eigenvalue weighted by Gasteiger charge is -2.35. The first kappa shape index (κ1) is 16.4. The first-order chi connectivity index (χ1) is 11.9. The van der Waals surface area contributed by atoms with Crippen molar-refractivity contribution in [1.29, 1.82) is 0 Å². The number of hydrogen-bond donors (Lipinski definition) is 0. The zero-order chi connectivity index (χ0) is 17.7. The van der Waals surface area contributed by atoms with Gasteiger partial charge in [-0.2, -0.15) is 5.10 Å². The van der Waals surface area contributed by atoms with Crippen molar-refractivity contribution in [2.24, 2.45) is 0 Å². The molecule has 0 bridgehead atoms. The minimum Gasteiger partial charge on any atom is -0.372 e. The number of morpholine rings is 1. The Hall–Kier alpha value is -2.09. The summed E-state index contributed by atoms with van der Waals surface area (Å²) < 4.78 is 33.6. The molecule has 0 N–H and O–H groups in total. The fraction of sp³-hybridized carbons (Fsp3) is 0.588. The van der Waals surface area contributed by atoms with Crippen molar-refractivity contribution in [3.63, 3.8) is 0 Å². The van der Waals surface area contributed by atoms with E-state index in [-0.39, 0.29) is 40.9 Å². The van der Waals surface area contributed by atoms with Gasteiger partial charge in [-0.05, 0) is 32.8 Å². The van der Waals surface area contributed by atoms with E-state index >= 15 is 0 Å². The van der Waals surface area contributed by atoms with Gasteiger partial charge < -0.3 is 9.64 Å². The molecule has 134 valence electrons. The number of carbonyl (C=O) groups excluding carboxylic acids is 1. The molecule has 3 heterocycles. The molecule has 2 aromatic rings. The van der Waals surface area contributed by atoms with E-state index in [0.29, 0.717) is 18.8 Å². The standard InChI is InChI=1S/C17H20F2N4O2/c1-9-7-22(8-10(2)25-9)17(24)12-6-20-23-14(15(18)19)5-13(11-3-4-11)21-16(12)23/h5-6,9-11,15H,3-4,7-8H2,1-2H3/t9-,10+. The Balaban J connectivity index is 1.75. The van der Waals surface area contributed by atoms with Gasteiger partial charge in [-0.3, -0.25) is 4.79 Å². The zero-order valence-corrected chi connectivity index (χ0v) is 14.2. The number of fused-ring (bicyclic) bond motifs is 1. The molecule has 2 fully saturated rings. The highest BCUT2D eigenvalue weighted by Gasteiger charge is 2.32. The summed E-state index contributed by atoms with van der Waals surface area (Å²) in [5.41, 5.74) is 0.901. The number of alkyl halides is 2. The smallest absolute Gasteiger partial charge is 0.280 e. The number of aromatic nitrogens is 3. The fourth-order valence-corrected chi connectivity index (χ4v) is 3.41. The summed E-state index contributed by atoms with van der Waals surface area (Å²) in [7, 11) is 0. The van der Waals surface area contributed by atoms with Gasteiger partial charge in [0.05, 0.1) is 18.4 Å². The normalized spacial score (nSPS) is 24.3. The van der Waals surface area contributed by atoms with Gasteiger partial charge >= 0.3 is 0 Å². The molecule has 2 aromatic heterocycles. The van der Waals surface area contributed by atoms with Gasteiger partial charge in [-0.15, -0.1) is 0 Å². The monoisotopic (exact) mass is 350 g/mol. The van der Waals surface area contributed by atoms with Crippen LogP contribution < -0.4 is 0 Å². The third-order valence-corrected chi connectivity index (χ3v) is 4.68. The number of halogens is 2. The van der Waals surface area contributed by atoms with E-state index < -0.39 is 6.43 Å². The summed E-state index contributed by atoms with van der Waals surface area (Å²) in [6, 6.07) is 1.41. The molecule has 2 atom stereocenters. The number of amides is 1. The van der Waals surface area contributed by atoms with Crippen LogP contribution in [-0.2, 0) is 4.74 Å². The van der Waals surface area contributed by atoms with Crippen LogP contribution in [-0.4, -0.2) is 50.7 Å². The van der Waals surface area contributed by atoms with Gasteiger partial charge in [0.25, 0.3) is 12.3 Å². The molecule has 1 amide bonds. The van der Waals surface area contributed by atoms with Gasteiger partial charge in [-0.1, -0.05) is 0 Å². The van der Waals surface area contributed by atoms with Crippen molar-refractivity contribution in [1.82, 2.24) is 19.5 Å². The fourth-order valence-electron chi connectivity index (χ4n) is 3.41. The van der Waals surface area contributed by atoms with E-state index in [0.717, 1.165) is 17.4 Å². The van der Waals surface area contributed by atoms with Crippen molar-refractivity contribution in [3.8, 4) is 0 Å². The van der Waals surface area contributed by atoms with Crippen molar-refractivity contribution < 1.29 is 18.3 Å². The van der Waals surface area contributed by atoms with Gasteiger partial charge in [0.15, 0.2) is 5.65 Å². The third-order valence-electron chi connectivity index (χ3n) is 4.68. The van der Waals surface area contributed by atoms with Crippen LogP contribution in [0.25, 0.3) is 5.65 Å². The van der Waals surface area contributed by atoms with Gasteiger partial charge in [0.1, 0.15) is 11.3 Å². The Kier molecular flexibility index (Phi) is 3.94. The number of nitrogens with zero attached hydrogens (tertiary/aromatic N) is 4. The molecule has 0 radical (unpaired) electrons. The van der Waals surface area contributed by atoms with Crippen LogP contribution in [0.1, 0.15) is 60.8 Å². The second-order valence-corrected chi connectivity index (χ2v) is 6.94. The molecule has 1 saturated carbocycles. The van der Waals surface area contributed by atoms with E-state index in [1.165, 1.54) is 12.3 Å². The first-order valence-corrected chi connectivity index (χ1v) is 8.55. The van der Waals surface area contributed by atoms with Crippen LogP contribution >= 0.6 is 0 Å². The predicted octanol–water partition coefficient (Wildman–Crippen LogP) is 2.79. The summed E-state index contributed by atoms with van der Waals surface area (Å²) in [6.07, 6.45) is 0.429. The summed E-state index contributed by atoms with van der Waals surface area (Å²) in [6.45, 7) is 4.74. The van der Waals surface area contributed by atoms with Crippen LogP contribution in [0.2, 0.25) is 0 Å². The molecular weight excluding hydrogens is 330 g/mol. The van der Waals surface area contributed by atoms with E-state index in [1.807, 2.05) is 13.8 Å². The lowest BCUT2D eigenvalue weighted by Crippen LogP contribution is -2.48. The minimum absolute atomic E-state index is 0.0684. The lowest BCUT2D eigenvalue weighted by molar-refractivity contribution is -0.0585. The number of hydrogen-bond acceptors (Lipinski definition) is 4. The Morgan fingerprint density at radius 3 is 2.56 bits per heavy atom. The lowest BCUT2D eigenvalue weighted by atomic mass is 10.2. The second-order valence-electron chi connectivity index (χ2n) is 6.94. The van der Waals surface area contributed by atoms with Crippen molar-refractivity contribution in [2.75, 3.05) is 13.1 Å². The summed E-state index contributed by atoms with van der Waals surface area (Å²) in [4.78, 5) is 19.1. The van der Waals surface area contributed by atoms with Crippen molar-refractivity contribution >= 4 is 11.6 Å². The maximum absolute atomic E-state index is 13.4. The zero-order valence-electron chi connectivity index (χ0n) is 14.2. The number of carbonyl (C=O) groups is 1. The maximum atomic E-state index is 13.4. The maximum Gasteiger partial charge on any atom is 0.280 e. The van der Waals surface area contributed by atoms with Gasteiger partial charge in [0.2, 0.25) is 0 Å². The molecule has 0 spiro atoms. The third kappa shape index (κ3) is 2.99. The molecule has 1 aliphatic carbocycles. The molecular formula is C17H20F2N4O2. The van der Waals surface area contributed by atoms with E-state index in [1.54, 1.807) is 4.90 Å². The van der Waals surface area contributed by atoms with E-state index in [4.69, 9.17) is 4.74 Å². The molecule has 8 heteroatoms. The summed E-state index contributed by atoms with van der Waals surface area (Å²) in [5, 5.41) is 4.01. The summed E-state index contributed by atoms with van der Waals surface area (Å²) in [5.74, 6) is -0.0264. The quantitative estimate of drug-likeness (QED) is 0.854. The van der Waals surface area contributed by atoms with Gasteiger partial charge in [-0.25, -0.2) is 18.3 Å². The SMILES string of the molecule is C[C@@H]1CN(C(=O)c2cnn3c(C(F)F)cc(C4CC4)nc23)C[C@H](C)O1. The van der Waals surface area contributed by atoms with Crippen LogP contribution in [0, 0.1) is 0 Å². The highest BCUT2D eigenvalue weighted by molar-refractivity contribution is 5.99. The number of rotatable bonds is 3. The van der Waals surface area contributed by atoms with Crippen LogP contribution in [0.4, 0.5) is 8.78 Å². The molecule has 0 unspecified atom stereocenters. The molecule has 6 nitrogen and oxygen atoms in total. The van der Waals surface area contributed by atoms with Crippen LogP contribution in [0.3, 0.4) is 0 Å². The molecule has 1 saturated heterocycles. The van der Waals surface area contributed by atoms with Crippen LogP contribution in [0.5, 0.6) is 0 Å². The highest BCUT2D eigenvalue weighted by Crippen LogP contribution is 2.40. The minimum atomic E-state index is -2.67. The average molecular weight is 350 g/mol. The van der Waals surface area contributed by atoms with Crippen LogP contribution in [0.15, 0.2) is 12.3 Å². The first-order valence-electron chi connectivity index (χ1n) is 8.55. The largest absolute Gasteiger partial charge is 0.372 e. The van der Waals surface area contributed by atoms with E-state index in [9.17, 15) is 13.6 Å². The highest BCUT2D eigenvalue weighted by atomic mass is 19.3. The second kappa shape index (κ2) is 6.01. The topological polar surface area (TPSA) is 59.7 Å². The Morgan fingerprint density at radius 2 is 1.96 bits per heavy atom. The molecule has 2 aliphatic rings. The molecule has 25 heavy (non-hydrogen) atoms. The Labute approximate surface area is 143 Å². The summed E-state index contributed by atoms with van der Waals surface area (Å²) >= 11 is 0. The number of ether oxygens (including phenoxy) is 1. The van der Waals surface area contributed by atoms with Gasteiger partial charge in [0, 0.05) is 24.7 Å². The Bertz CT molecular complexity index is 808. The van der Waals surface area contributed by atoms with Crippen molar-refractivity contribution in [2.45, 2.75) is 51.2 Å². The van der Waals surface area contributed by atoms with Crippen molar-refractivity contribution in [3.05, 3.63) is 29.2 Å². The molecule has 4 rings (SSSR count). The Morgan fingerprint density at radius 1 is 1.28 bits per heavy atom. The molecule has 1 aliphatic heterocycles. The predicted molar refractivity (Wildman–Crippen MR) is 85.8 cm³/mol. The van der Waals surface area contributed by atoms with E-state index in [2.05, 4.69) is 10.1 Å². The molecule has 0 aromatic carbocycles.